The summed E-state index contributed by atoms with van der Waals surface area (Å²) in [5.41, 5.74) is 1.85. The standard InChI is InChI=1S/C24H21F3N2O3/c1-13(2)29(3)19-11-15-9-14(23(30)31-4)5-7-18(15)28-22(19)21-12-16-10-17(24(25,26)27)6-8-20(16)32-21/h5-13H,1-4H3. The summed E-state index contributed by atoms with van der Waals surface area (Å²) in [6.07, 6.45) is -4.44. The number of methoxy groups -OCH3 is 1. The highest BCUT2D eigenvalue weighted by Crippen LogP contribution is 2.38. The number of furan rings is 1. The Morgan fingerprint density at radius 3 is 2.47 bits per heavy atom. The number of halogens is 3. The molecule has 0 saturated heterocycles. The quantitative estimate of drug-likeness (QED) is 0.347. The second kappa shape index (κ2) is 7.85. The highest BCUT2D eigenvalue weighted by molar-refractivity contribution is 5.97. The van der Waals surface area contributed by atoms with Crippen molar-refractivity contribution >= 4 is 33.5 Å². The number of fused-ring (bicyclic) bond motifs is 2. The molecule has 2 heterocycles. The van der Waals surface area contributed by atoms with Gasteiger partial charge in [0.15, 0.2) is 5.76 Å². The molecule has 0 spiro atoms. The SMILES string of the molecule is COC(=O)c1ccc2nc(-c3cc4cc(C(F)(F)F)ccc4o3)c(N(C)C(C)C)cc2c1. The molecule has 0 aliphatic heterocycles. The fourth-order valence-corrected chi connectivity index (χ4v) is 3.47. The van der Waals surface area contributed by atoms with Crippen LogP contribution in [0.15, 0.2) is 52.9 Å². The van der Waals surface area contributed by atoms with Crippen LogP contribution < -0.4 is 4.90 Å². The topological polar surface area (TPSA) is 55.6 Å². The van der Waals surface area contributed by atoms with Crippen LogP contribution in [0, 0.1) is 0 Å². The first kappa shape index (κ1) is 21.7. The molecule has 0 N–H and O–H groups in total. The van der Waals surface area contributed by atoms with E-state index in [4.69, 9.17) is 14.1 Å². The Kier molecular flexibility index (Phi) is 5.32. The lowest BCUT2D eigenvalue weighted by atomic mass is 10.1. The van der Waals surface area contributed by atoms with E-state index >= 15 is 0 Å². The highest BCUT2D eigenvalue weighted by Gasteiger charge is 2.31. The van der Waals surface area contributed by atoms with Crippen LogP contribution in [0.4, 0.5) is 18.9 Å². The normalized spacial score (nSPS) is 12.0. The number of ether oxygens (including phenoxy) is 1. The minimum absolute atomic E-state index is 0.109. The zero-order chi connectivity index (χ0) is 23.2. The first-order chi connectivity index (χ1) is 15.1. The number of aromatic nitrogens is 1. The first-order valence-corrected chi connectivity index (χ1v) is 9.95. The molecule has 166 valence electrons. The number of nitrogens with zero attached hydrogens (tertiary/aromatic N) is 2. The van der Waals surface area contributed by atoms with E-state index in [0.717, 1.165) is 23.2 Å². The minimum atomic E-state index is -4.44. The van der Waals surface area contributed by atoms with Crippen LogP contribution in [0.2, 0.25) is 0 Å². The van der Waals surface area contributed by atoms with Crippen molar-refractivity contribution in [2.75, 3.05) is 19.1 Å². The number of esters is 1. The summed E-state index contributed by atoms with van der Waals surface area (Å²) < 4.78 is 50.0. The predicted octanol–water partition coefficient (Wildman–Crippen LogP) is 6.30. The molecule has 0 unspecified atom stereocenters. The largest absolute Gasteiger partial charge is 0.465 e. The number of carbonyl (C=O) groups excluding carboxylic acids is 1. The van der Waals surface area contributed by atoms with Gasteiger partial charge in [-0.25, -0.2) is 9.78 Å². The third kappa shape index (κ3) is 3.88. The van der Waals surface area contributed by atoms with Crippen LogP contribution in [0.1, 0.15) is 29.8 Å². The average Bonchev–Trinajstić information content (AvgIpc) is 3.19. The summed E-state index contributed by atoms with van der Waals surface area (Å²) in [6, 6.07) is 12.0. The maximum Gasteiger partial charge on any atom is 0.416 e. The summed E-state index contributed by atoms with van der Waals surface area (Å²) in [6.45, 7) is 4.01. The van der Waals surface area contributed by atoms with Crippen molar-refractivity contribution in [3.63, 3.8) is 0 Å². The zero-order valence-electron chi connectivity index (χ0n) is 17.9. The lowest BCUT2D eigenvalue weighted by Crippen LogP contribution is -2.26. The van der Waals surface area contributed by atoms with Gasteiger partial charge in [0, 0.05) is 23.9 Å². The Morgan fingerprint density at radius 2 is 1.81 bits per heavy atom. The predicted molar refractivity (Wildman–Crippen MR) is 117 cm³/mol. The van der Waals surface area contributed by atoms with Gasteiger partial charge in [0.2, 0.25) is 0 Å². The maximum absolute atomic E-state index is 13.1. The number of alkyl halides is 3. The molecule has 0 aliphatic rings. The molecule has 0 atom stereocenters. The van der Waals surface area contributed by atoms with E-state index in [0.29, 0.717) is 33.5 Å². The van der Waals surface area contributed by atoms with Gasteiger partial charge in [-0.05, 0) is 62.4 Å². The molecular formula is C24H21F3N2O3. The molecule has 0 aliphatic carbocycles. The Morgan fingerprint density at radius 1 is 1.06 bits per heavy atom. The molecule has 2 aromatic carbocycles. The number of pyridine rings is 1. The summed E-state index contributed by atoms with van der Waals surface area (Å²) in [5, 5.41) is 1.07. The van der Waals surface area contributed by atoms with Crippen molar-refractivity contribution in [1.29, 1.82) is 0 Å². The number of carbonyl (C=O) groups is 1. The third-order valence-corrected chi connectivity index (χ3v) is 5.45. The second-order valence-corrected chi connectivity index (χ2v) is 7.82. The summed E-state index contributed by atoms with van der Waals surface area (Å²) in [7, 11) is 3.21. The van der Waals surface area contributed by atoms with Gasteiger partial charge in [-0.2, -0.15) is 13.2 Å². The van der Waals surface area contributed by atoms with Gasteiger partial charge < -0.3 is 14.1 Å². The van der Waals surface area contributed by atoms with Crippen molar-refractivity contribution in [3.05, 3.63) is 59.7 Å². The molecule has 5 nitrogen and oxygen atoms in total. The molecule has 32 heavy (non-hydrogen) atoms. The van der Waals surface area contributed by atoms with Crippen LogP contribution in [0.3, 0.4) is 0 Å². The van der Waals surface area contributed by atoms with Gasteiger partial charge >= 0.3 is 12.1 Å². The monoisotopic (exact) mass is 442 g/mol. The van der Waals surface area contributed by atoms with E-state index < -0.39 is 17.7 Å². The molecule has 0 saturated carbocycles. The molecule has 0 amide bonds. The average molecular weight is 442 g/mol. The van der Waals surface area contributed by atoms with Crippen molar-refractivity contribution in [2.45, 2.75) is 26.1 Å². The Bertz CT molecular complexity index is 1330. The van der Waals surface area contributed by atoms with Crippen molar-refractivity contribution < 1.29 is 27.1 Å². The van der Waals surface area contributed by atoms with Gasteiger partial charge in [0.25, 0.3) is 0 Å². The number of rotatable bonds is 4. The molecule has 0 radical (unpaired) electrons. The summed E-state index contributed by atoms with van der Waals surface area (Å²) in [5.74, 6) is -0.0896. The Hall–Kier alpha value is -3.55. The summed E-state index contributed by atoms with van der Waals surface area (Å²) >= 11 is 0. The van der Waals surface area contributed by atoms with Crippen molar-refractivity contribution in [3.8, 4) is 11.5 Å². The molecular weight excluding hydrogens is 421 g/mol. The van der Waals surface area contributed by atoms with Gasteiger partial charge in [0.05, 0.1) is 29.4 Å². The summed E-state index contributed by atoms with van der Waals surface area (Å²) in [4.78, 5) is 18.6. The zero-order valence-corrected chi connectivity index (χ0v) is 17.9. The third-order valence-electron chi connectivity index (χ3n) is 5.45. The van der Waals surface area contributed by atoms with E-state index in [1.807, 2.05) is 31.9 Å². The lowest BCUT2D eigenvalue weighted by Gasteiger charge is -2.25. The van der Waals surface area contributed by atoms with Crippen LogP contribution in [0.25, 0.3) is 33.3 Å². The fourth-order valence-electron chi connectivity index (χ4n) is 3.47. The van der Waals surface area contributed by atoms with Gasteiger partial charge in [-0.1, -0.05) is 0 Å². The molecule has 8 heteroatoms. The molecule has 2 aromatic heterocycles. The molecule has 4 rings (SSSR count). The fraction of sp³-hybridized carbons (Fsp3) is 0.250. The first-order valence-electron chi connectivity index (χ1n) is 9.95. The van der Waals surface area contributed by atoms with E-state index in [2.05, 4.69) is 0 Å². The van der Waals surface area contributed by atoms with Gasteiger partial charge in [-0.15, -0.1) is 0 Å². The molecule has 0 bridgehead atoms. The van der Waals surface area contributed by atoms with Crippen LogP contribution in [-0.4, -0.2) is 31.2 Å². The number of hydrogen-bond acceptors (Lipinski definition) is 5. The van der Waals surface area contributed by atoms with E-state index in [9.17, 15) is 18.0 Å². The maximum atomic E-state index is 13.1. The molecule has 4 aromatic rings. The van der Waals surface area contributed by atoms with E-state index in [1.54, 1.807) is 24.3 Å². The lowest BCUT2D eigenvalue weighted by molar-refractivity contribution is -0.137. The Balaban J connectivity index is 1.91. The minimum Gasteiger partial charge on any atom is -0.465 e. The van der Waals surface area contributed by atoms with Gasteiger partial charge in [0.1, 0.15) is 11.3 Å². The number of anilines is 1. The van der Waals surface area contributed by atoms with E-state index in [1.165, 1.54) is 13.2 Å². The Labute approximate surface area is 182 Å². The van der Waals surface area contributed by atoms with Crippen molar-refractivity contribution in [2.24, 2.45) is 0 Å². The number of hydrogen-bond donors (Lipinski definition) is 0. The van der Waals surface area contributed by atoms with Crippen LogP contribution >= 0.6 is 0 Å². The van der Waals surface area contributed by atoms with Crippen LogP contribution in [-0.2, 0) is 10.9 Å². The van der Waals surface area contributed by atoms with E-state index in [-0.39, 0.29) is 6.04 Å². The second-order valence-electron chi connectivity index (χ2n) is 7.82. The molecule has 0 fully saturated rings. The number of benzene rings is 2. The van der Waals surface area contributed by atoms with Crippen LogP contribution in [0.5, 0.6) is 0 Å². The van der Waals surface area contributed by atoms with Gasteiger partial charge in [-0.3, -0.25) is 0 Å². The van der Waals surface area contributed by atoms with Crippen molar-refractivity contribution in [1.82, 2.24) is 4.98 Å². The highest BCUT2D eigenvalue weighted by atomic mass is 19.4. The smallest absolute Gasteiger partial charge is 0.416 e.